The number of hydrogen-bond acceptors (Lipinski definition) is 8. The van der Waals surface area contributed by atoms with E-state index in [9.17, 15) is 9.13 Å². The SMILES string of the molecule is CCOP(=O)(OCC)C(c1ccc(Oc2ccccc2)cc1)c1ccc(C(c2ccc(Oc3ccccc3)cc2)P(=O)(OCC)OCC)cc1. The Labute approximate surface area is 295 Å². The molecular formula is C40H44O8P2. The fraction of sp³-hybridized carbons (Fsp3) is 0.250. The minimum Gasteiger partial charge on any atom is -0.457 e. The molecule has 0 N–H and O–H groups in total. The van der Waals surface area contributed by atoms with E-state index in [0.717, 1.165) is 11.1 Å². The van der Waals surface area contributed by atoms with Crippen molar-refractivity contribution in [2.45, 2.75) is 39.0 Å². The van der Waals surface area contributed by atoms with Gasteiger partial charge in [-0.15, -0.1) is 0 Å². The first-order valence-electron chi connectivity index (χ1n) is 16.9. The monoisotopic (exact) mass is 714 g/mol. The summed E-state index contributed by atoms with van der Waals surface area (Å²) in [4.78, 5) is 0. The maximum Gasteiger partial charge on any atom is 0.342 e. The molecule has 0 amide bonds. The van der Waals surface area contributed by atoms with Crippen molar-refractivity contribution in [3.05, 3.63) is 156 Å². The van der Waals surface area contributed by atoms with Crippen LogP contribution in [0.2, 0.25) is 0 Å². The smallest absolute Gasteiger partial charge is 0.342 e. The average Bonchev–Trinajstić information content (AvgIpc) is 3.12. The highest BCUT2D eigenvalue weighted by Crippen LogP contribution is 2.65. The van der Waals surface area contributed by atoms with E-state index in [-0.39, 0.29) is 26.4 Å². The van der Waals surface area contributed by atoms with Gasteiger partial charge < -0.3 is 27.6 Å². The molecule has 50 heavy (non-hydrogen) atoms. The average molecular weight is 715 g/mol. The van der Waals surface area contributed by atoms with Gasteiger partial charge in [-0.05, 0) is 98.5 Å². The van der Waals surface area contributed by atoms with Crippen LogP contribution in [0.4, 0.5) is 0 Å². The number of ether oxygens (including phenoxy) is 2. The van der Waals surface area contributed by atoms with Gasteiger partial charge in [0, 0.05) is 0 Å². The topological polar surface area (TPSA) is 89.5 Å². The second-order valence-corrected chi connectivity index (χ2v) is 15.4. The van der Waals surface area contributed by atoms with E-state index in [1.807, 2.05) is 133 Å². The van der Waals surface area contributed by atoms with Crippen LogP contribution in [0.15, 0.2) is 133 Å². The predicted octanol–water partition coefficient (Wildman–Crippen LogP) is 12.0. The molecule has 0 spiro atoms. The quantitative estimate of drug-likeness (QED) is 0.0829. The van der Waals surface area contributed by atoms with Crippen LogP contribution in [0.5, 0.6) is 23.0 Å². The molecule has 0 aliphatic carbocycles. The van der Waals surface area contributed by atoms with E-state index in [4.69, 9.17) is 27.6 Å². The summed E-state index contributed by atoms with van der Waals surface area (Å²) in [6.45, 7) is 8.01. The molecule has 2 atom stereocenters. The first kappa shape index (κ1) is 37.3. The second kappa shape index (κ2) is 17.8. The maximum absolute atomic E-state index is 14.5. The molecule has 0 heterocycles. The third-order valence-corrected chi connectivity index (χ3v) is 12.7. The van der Waals surface area contributed by atoms with Crippen LogP contribution >= 0.6 is 15.2 Å². The van der Waals surface area contributed by atoms with Crippen LogP contribution in [0.3, 0.4) is 0 Å². The molecule has 5 rings (SSSR count). The summed E-state index contributed by atoms with van der Waals surface area (Å²) >= 11 is 0. The van der Waals surface area contributed by atoms with Gasteiger partial charge in [-0.1, -0.05) is 84.9 Å². The normalized spacial score (nSPS) is 13.0. The van der Waals surface area contributed by atoms with Crippen molar-refractivity contribution < 1.29 is 36.7 Å². The lowest BCUT2D eigenvalue weighted by Crippen LogP contribution is -2.11. The Balaban J connectivity index is 1.52. The van der Waals surface area contributed by atoms with Crippen LogP contribution in [-0.2, 0) is 27.2 Å². The van der Waals surface area contributed by atoms with E-state index in [1.165, 1.54) is 0 Å². The molecule has 0 saturated heterocycles. The van der Waals surface area contributed by atoms with Gasteiger partial charge in [-0.2, -0.15) is 0 Å². The van der Waals surface area contributed by atoms with Gasteiger partial charge in [0.25, 0.3) is 0 Å². The van der Waals surface area contributed by atoms with Crippen LogP contribution in [0, 0.1) is 0 Å². The van der Waals surface area contributed by atoms with Crippen molar-refractivity contribution in [1.82, 2.24) is 0 Å². The zero-order valence-corrected chi connectivity index (χ0v) is 30.6. The third kappa shape index (κ3) is 9.21. The molecule has 10 heteroatoms. The Morgan fingerprint density at radius 1 is 0.380 bits per heavy atom. The first-order valence-corrected chi connectivity index (χ1v) is 20.1. The molecule has 0 bridgehead atoms. The van der Waals surface area contributed by atoms with Crippen LogP contribution in [0.1, 0.15) is 61.3 Å². The van der Waals surface area contributed by atoms with Crippen LogP contribution < -0.4 is 9.47 Å². The molecule has 5 aromatic rings. The Morgan fingerprint density at radius 2 is 0.620 bits per heavy atom. The van der Waals surface area contributed by atoms with Crippen molar-refractivity contribution in [3.8, 4) is 23.0 Å². The first-order chi connectivity index (χ1) is 24.3. The number of para-hydroxylation sites is 2. The Kier molecular flexibility index (Phi) is 13.2. The molecule has 0 aromatic heterocycles. The van der Waals surface area contributed by atoms with Gasteiger partial charge in [-0.3, -0.25) is 9.13 Å². The lowest BCUT2D eigenvalue weighted by Gasteiger charge is -2.29. The maximum atomic E-state index is 14.5. The zero-order valence-electron chi connectivity index (χ0n) is 28.8. The molecule has 2 unspecified atom stereocenters. The summed E-state index contributed by atoms with van der Waals surface area (Å²) in [5.41, 5.74) is 1.43. The fourth-order valence-corrected chi connectivity index (χ4v) is 10.1. The van der Waals surface area contributed by atoms with E-state index < -0.39 is 26.5 Å². The molecule has 0 radical (unpaired) electrons. The van der Waals surface area contributed by atoms with Gasteiger partial charge in [0.1, 0.15) is 34.3 Å². The molecule has 5 aromatic carbocycles. The predicted molar refractivity (Wildman–Crippen MR) is 198 cm³/mol. The summed E-state index contributed by atoms with van der Waals surface area (Å²) < 4.78 is 64.5. The van der Waals surface area contributed by atoms with Gasteiger partial charge >= 0.3 is 15.2 Å². The molecular weight excluding hydrogens is 670 g/mol. The number of benzene rings is 5. The second-order valence-electron chi connectivity index (χ2n) is 11.2. The fourth-order valence-electron chi connectivity index (χ4n) is 5.75. The van der Waals surface area contributed by atoms with Gasteiger partial charge in [0.2, 0.25) is 0 Å². The highest BCUT2D eigenvalue weighted by molar-refractivity contribution is 7.54. The van der Waals surface area contributed by atoms with Gasteiger partial charge in [-0.25, -0.2) is 0 Å². The molecule has 0 fully saturated rings. The molecule has 0 saturated carbocycles. The van der Waals surface area contributed by atoms with Gasteiger partial charge in [0.05, 0.1) is 26.4 Å². The summed E-state index contributed by atoms with van der Waals surface area (Å²) in [5, 5.41) is 0. The summed E-state index contributed by atoms with van der Waals surface area (Å²) in [6.07, 6.45) is 0. The van der Waals surface area contributed by atoms with Crippen molar-refractivity contribution >= 4 is 15.2 Å². The van der Waals surface area contributed by atoms with Crippen molar-refractivity contribution in [2.75, 3.05) is 26.4 Å². The van der Waals surface area contributed by atoms with E-state index in [0.29, 0.717) is 34.1 Å². The standard InChI is InChI=1S/C40H44O8P2/c1-5-43-49(41,44-6-2)39(33-23-27-37(28-24-33)47-35-15-11-9-12-16-35)31-19-21-32(22-20-31)40(50(42,45-7-3)46-8-4)34-25-29-38(30-26-34)48-36-17-13-10-14-18-36/h9-30,39-40H,5-8H2,1-4H3. The summed E-state index contributed by atoms with van der Waals surface area (Å²) in [5.74, 6) is 2.71. The van der Waals surface area contributed by atoms with Crippen LogP contribution in [-0.4, -0.2) is 26.4 Å². The van der Waals surface area contributed by atoms with Crippen molar-refractivity contribution in [2.24, 2.45) is 0 Å². The largest absolute Gasteiger partial charge is 0.457 e. The van der Waals surface area contributed by atoms with Gasteiger partial charge in [0.15, 0.2) is 0 Å². The number of rotatable bonds is 18. The van der Waals surface area contributed by atoms with Crippen LogP contribution in [0.25, 0.3) is 0 Å². The third-order valence-electron chi connectivity index (χ3n) is 7.79. The van der Waals surface area contributed by atoms with Crippen molar-refractivity contribution in [1.29, 1.82) is 0 Å². The molecule has 8 nitrogen and oxygen atoms in total. The Bertz CT molecular complexity index is 1690. The minimum absolute atomic E-state index is 0.207. The summed E-state index contributed by atoms with van der Waals surface area (Å²) in [6, 6.07) is 41.4. The molecule has 0 aliphatic heterocycles. The Morgan fingerprint density at radius 3 is 0.880 bits per heavy atom. The number of hydrogen-bond donors (Lipinski definition) is 0. The van der Waals surface area contributed by atoms with E-state index in [2.05, 4.69) is 0 Å². The summed E-state index contributed by atoms with van der Waals surface area (Å²) in [7, 11) is -7.40. The van der Waals surface area contributed by atoms with E-state index in [1.54, 1.807) is 27.7 Å². The zero-order chi connectivity index (χ0) is 35.4. The van der Waals surface area contributed by atoms with Crippen molar-refractivity contribution in [3.63, 3.8) is 0 Å². The lowest BCUT2D eigenvalue weighted by atomic mass is 9.99. The van der Waals surface area contributed by atoms with E-state index >= 15 is 0 Å². The lowest BCUT2D eigenvalue weighted by molar-refractivity contribution is 0.214. The highest BCUT2D eigenvalue weighted by Gasteiger charge is 2.40. The molecule has 262 valence electrons. The Hall–Kier alpha value is -4.00. The minimum atomic E-state index is -3.70. The highest BCUT2D eigenvalue weighted by atomic mass is 31.2. The molecule has 0 aliphatic rings.